The predicted molar refractivity (Wildman–Crippen MR) is 115 cm³/mol. The van der Waals surface area contributed by atoms with Crippen LogP contribution in [0.15, 0.2) is 77.7 Å². The molecule has 0 radical (unpaired) electrons. The Balaban J connectivity index is 1.73. The molecule has 0 saturated heterocycles. The number of hydrogen-bond donors (Lipinski definition) is 0. The van der Waals surface area contributed by atoms with E-state index in [1.165, 1.54) is 34.5 Å². The number of methoxy groups -OCH3 is 1. The third-order valence-electron chi connectivity index (χ3n) is 5.13. The lowest BCUT2D eigenvalue weighted by molar-refractivity contribution is -0.119. The number of sulfonamides is 1. The molecule has 1 aliphatic rings. The number of amides is 1. The molecule has 3 aromatic carbocycles. The average Bonchev–Trinajstić information content (AvgIpc) is 2.84. The molecule has 0 N–H and O–H groups in total. The fourth-order valence-electron chi connectivity index (χ4n) is 3.55. The summed E-state index contributed by atoms with van der Waals surface area (Å²) in [6.45, 7) is -0.141. The van der Waals surface area contributed by atoms with Crippen LogP contribution in [0.3, 0.4) is 0 Å². The van der Waals surface area contributed by atoms with E-state index >= 15 is 0 Å². The van der Waals surface area contributed by atoms with Gasteiger partial charge >= 0.3 is 0 Å². The van der Waals surface area contributed by atoms with E-state index in [4.69, 9.17) is 4.74 Å². The molecule has 0 unspecified atom stereocenters. The van der Waals surface area contributed by atoms with Gasteiger partial charge in [0.15, 0.2) is 0 Å². The Morgan fingerprint density at radius 2 is 1.68 bits per heavy atom. The van der Waals surface area contributed by atoms with E-state index in [0.717, 1.165) is 0 Å². The van der Waals surface area contributed by atoms with Gasteiger partial charge in [-0.25, -0.2) is 12.8 Å². The van der Waals surface area contributed by atoms with Gasteiger partial charge in [0, 0.05) is 6.54 Å². The second-order valence-corrected chi connectivity index (χ2v) is 9.11. The van der Waals surface area contributed by atoms with Gasteiger partial charge in [0.2, 0.25) is 15.9 Å². The van der Waals surface area contributed by atoms with Crippen LogP contribution in [-0.2, 0) is 27.9 Å². The third-order valence-corrected chi connectivity index (χ3v) is 6.97. The van der Waals surface area contributed by atoms with Crippen LogP contribution in [0.4, 0.5) is 10.1 Å². The van der Waals surface area contributed by atoms with Crippen molar-refractivity contribution in [2.75, 3.05) is 18.6 Å². The molecule has 6 nitrogen and oxygen atoms in total. The molecule has 0 spiro atoms. The number of anilines is 1. The van der Waals surface area contributed by atoms with Gasteiger partial charge in [-0.3, -0.25) is 4.79 Å². The van der Waals surface area contributed by atoms with E-state index in [1.54, 1.807) is 54.6 Å². The van der Waals surface area contributed by atoms with Crippen molar-refractivity contribution in [3.05, 3.63) is 89.7 Å². The van der Waals surface area contributed by atoms with Crippen molar-refractivity contribution in [1.29, 1.82) is 0 Å². The highest BCUT2D eigenvalue weighted by atomic mass is 32.2. The summed E-state index contributed by atoms with van der Waals surface area (Å²) in [6, 6.07) is 19.3. The number of ether oxygens (including phenoxy) is 1. The summed E-state index contributed by atoms with van der Waals surface area (Å²) in [5.41, 5.74) is 1.72. The van der Waals surface area contributed by atoms with Crippen molar-refractivity contribution in [3.8, 4) is 5.75 Å². The number of rotatable bonds is 5. The molecular weight excluding hydrogens is 419 g/mol. The van der Waals surface area contributed by atoms with Crippen LogP contribution in [0.25, 0.3) is 0 Å². The Morgan fingerprint density at radius 1 is 0.935 bits per heavy atom. The second kappa shape index (κ2) is 8.49. The summed E-state index contributed by atoms with van der Waals surface area (Å²) in [4.78, 5) is 14.7. The molecule has 0 fully saturated rings. The van der Waals surface area contributed by atoms with Gasteiger partial charge in [0.1, 0.15) is 16.5 Å². The van der Waals surface area contributed by atoms with Crippen molar-refractivity contribution in [1.82, 2.24) is 4.31 Å². The zero-order valence-electron chi connectivity index (χ0n) is 16.9. The van der Waals surface area contributed by atoms with Crippen LogP contribution in [0.2, 0.25) is 0 Å². The normalized spacial score (nSPS) is 15.9. The Kier molecular flexibility index (Phi) is 5.75. The number of hydrogen-bond acceptors (Lipinski definition) is 4. The number of carbonyl (C=O) groups excluding carboxylic acids is 1. The van der Waals surface area contributed by atoms with Crippen molar-refractivity contribution >= 4 is 21.6 Å². The molecule has 1 aliphatic heterocycles. The molecule has 160 valence electrons. The van der Waals surface area contributed by atoms with Crippen LogP contribution < -0.4 is 9.64 Å². The summed E-state index contributed by atoms with van der Waals surface area (Å²) in [6.07, 6.45) is 0. The van der Waals surface area contributed by atoms with Crippen molar-refractivity contribution < 1.29 is 22.3 Å². The fourth-order valence-corrected chi connectivity index (χ4v) is 5.12. The minimum Gasteiger partial charge on any atom is -0.497 e. The highest BCUT2D eigenvalue weighted by molar-refractivity contribution is 7.89. The summed E-state index contributed by atoms with van der Waals surface area (Å²) in [5, 5.41) is 0. The van der Waals surface area contributed by atoms with Gasteiger partial charge in [-0.2, -0.15) is 4.31 Å². The predicted octanol–water partition coefficient (Wildman–Crippen LogP) is 3.57. The molecule has 1 heterocycles. The number of fused-ring (bicyclic) bond motifs is 1. The van der Waals surface area contributed by atoms with E-state index < -0.39 is 10.0 Å². The van der Waals surface area contributed by atoms with Gasteiger partial charge in [-0.1, -0.05) is 36.4 Å². The number of para-hydroxylation sites is 1. The van der Waals surface area contributed by atoms with Crippen LogP contribution in [-0.4, -0.2) is 32.3 Å². The Labute approximate surface area is 180 Å². The smallest absolute Gasteiger partial charge is 0.245 e. The van der Waals surface area contributed by atoms with Crippen molar-refractivity contribution in [2.24, 2.45) is 0 Å². The minimum absolute atomic E-state index is 0.0317. The highest BCUT2D eigenvalue weighted by Crippen LogP contribution is 2.33. The van der Waals surface area contributed by atoms with Crippen LogP contribution in [0.1, 0.15) is 11.1 Å². The lowest BCUT2D eigenvalue weighted by Gasteiger charge is -2.22. The van der Waals surface area contributed by atoms with Crippen molar-refractivity contribution in [2.45, 2.75) is 18.0 Å². The highest BCUT2D eigenvalue weighted by Gasteiger charge is 2.36. The van der Waals surface area contributed by atoms with Crippen LogP contribution in [0.5, 0.6) is 5.75 Å². The Hall–Kier alpha value is -3.23. The monoisotopic (exact) mass is 440 g/mol. The van der Waals surface area contributed by atoms with Crippen molar-refractivity contribution in [3.63, 3.8) is 0 Å². The number of benzene rings is 3. The van der Waals surface area contributed by atoms with Gasteiger partial charge in [-0.05, 0) is 47.5 Å². The first-order chi connectivity index (χ1) is 14.9. The van der Waals surface area contributed by atoms with E-state index in [-0.39, 0.29) is 36.3 Å². The summed E-state index contributed by atoms with van der Waals surface area (Å²) < 4.78 is 46.6. The van der Waals surface area contributed by atoms with Gasteiger partial charge < -0.3 is 9.64 Å². The molecule has 0 saturated carbocycles. The maximum absolute atomic E-state index is 13.4. The van der Waals surface area contributed by atoms with Crippen LogP contribution >= 0.6 is 0 Å². The largest absolute Gasteiger partial charge is 0.497 e. The van der Waals surface area contributed by atoms with E-state index in [1.807, 2.05) is 0 Å². The molecule has 8 heteroatoms. The first-order valence-corrected chi connectivity index (χ1v) is 11.1. The molecule has 31 heavy (non-hydrogen) atoms. The zero-order chi connectivity index (χ0) is 22.0. The van der Waals surface area contributed by atoms with Gasteiger partial charge in [-0.15, -0.1) is 0 Å². The molecule has 0 aromatic heterocycles. The quantitative estimate of drug-likeness (QED) is 0.608. The Morgan fingerprint density at radius 3 is 2.42 bits per heavy atom. The van der Waals surface area contributed by atoms with E-state index in [9.17, 15) is 17.6 Å². The number of halogens is 1. The molecule has 0 aliphatic carbocycles. The minimum atomic E-state index is -3.93. The number of carbonyl (C=O) groups is 1. The second-order valence-electron chi connectivity index (χ2n) is 7.20. The lowest BCUT2D eigenvalue weighted by atomic mass is 10.2. The summed E-state index contributed by atoms with van der Waals surface area (Å²) >= 11 is 0. The molecule has 1 amide bonds. The Bertz CT molecular complexity index is 1210. The molecule has 0 atom stereocenters. The standard InChI is InChI=1S/C23H21FN2O4S/c1-30-20-6-4-5-18(13-20)14-25-16-23(27)26(15-17-9-11-19(24)12-10-17)21-7-2-3-8-22(21)31(25,28)29/h2-13H,14-16H2,1H3. The topological polar surface area (TPSA) is 66.9 Å². The molecule has 3 aromatic rings. The van der Waals surface area contributed by atoms with Crippen LogP contribution in [0, 0.1) is 5.82 Å². The zero-order valence-corrected chi connectivity index (χ0v) is 17.7. The molecule has 0 bridgehead atoms. The lowest BCUT2D eigenvalue weighted by Crippen LogP contribution is -2.38. The van der Waals surface area contributed by atoms with E-state index in [2.05, 4.69) is 0 Å². The maximum atomic E-state index is 13.4. The summed E-state index contributed by atoms with van der Waals surface area (Å²) in [5.74, 6) is -0.131. The SMILES string of the molecule is COc1cccc(CN2CC(=O)N(Cc3ccc(F)cc3)c3ccccc3S2(=O)=O)c1. The van der Waals surface area contributed by atoms with E-state index in [0.29, 0.717) is 22.6 Å². The van der Waals surface area contributed by atoms with Gasteiger partial charge in [0.25, 0.3) is 0 Å². The average molecular weight is 440 g/mol. The fraction of sp³-hybridized carbons (Fsp3) is 0.174. The molecular formula is C23H21FN2O4S. The number of nitrogens with zero attached hydrogens (tertiary/aromatic N) is 2. The summed E-state index contributed by atoms with van der Waals surface area (Å²) in [7, 11) is -2.40. The maximum Gasteiger partial charge on any atom is 0.245 e. The first kappa shape index (κ1) is 21.0. The first-order valence-electron chi connectivity index (χ1n) is 9.65. The van der Waals surface area contributed by atoms with Gasteiger partial charge in [0.05, 0.1) is 25.9 Å². The molecule has 4 rings (SSSR count). The third kappa shape index (κ3) is 4.30.